The number of quaternary nitrogens is 2. The third-order valence-electron chi connectivity index (χ3n) is 5.54. The van der Waals surface area contributed by atoms with Crippen molar-refractivity contribution in [3.05, 3.63) is 65.2 Å². The SMILES string of the molecule is Cc1ccc(NC(=O)[C@H](C)[NH+]2CC[NH+](Cc3ccccc3)CC2)c(C)c1. The van der Waals surface area contributed by atoms with Gasteiger partial charge < -0.3 is 15.1 Å². The first-order chi connectivity index (χ1) is 12.5. The van der Waals surface area contributed by atoms with Gasteiger partial charge in [0.1, 0.15) is 32.7 Å². The summed E-state index contributed by atoms with van der Waals surface area (Å²) in [5.74, 6) is 0.124. The van der Waals surface area contributed by atoms with Crippen molar-refractivity contribution in [3.63, 3.8) is 0 Å². The number of hydrogen-bond donors (Lipinski definition) is 3. The highest BCUT2D eigenvalue weighted by atomic mass is 16.2. The van der Waals surface area contributed by atoms with Crippen LogP contribution in [0.25, 0.3) is 0 Å². The maximum atomic E-state index is 12.7. The fraction of sp³-hybridized carbons (Fsp3) is 0.409. The van der Waals surface area contributed by atoms with Crippen LogP contribution in [0.3, 0.4) is 0 Å². The molecule has 4 nitrogen and oxygen atoms in total. The number of aryl methyl sites for hydroxylation is 2. The lowest BCUT2D eigenvalue weighted by Crippen LogP contribution is -3.29. The largest absolute Gasteiger partial charge is 0.322 e. The van der Waals surface area contributed by atoms with Crippen molar-refractivity contribution in [1.29, 1.82) is 0 Å². The molecule has 26 heavy (non-hydrogen) atoms. The molecule has 2 aromatic carbocycles. The number of amides is 1. The third kappa shape index (κ3) is 4.71. The summed E-state index contributed by atoms with van der Waals surface area (Å²) in [4.78, 5) is 15.7. The van der Waals surface area contributed by atoms with Crippen LogP contribution in [0.5, 0.6) is 0 Å². The summed E-state index contributed by atoms with van der Waals surface area (Å²) in [6.45, 7) is 11.6. The predicted molar refractivity (Wildman–Crippen MR) is 106 cm³/mol. The molecule has 0 radical (unpaired) electrons. The van der Waals surface area contributed by atoms with E-state index in [1.54, 1.807) is 4.90 Å². The van der Waals surface area contributed by atoms with Gasteiger partial charge in [-0.15, -0.1) is 0 Å². The molecule has 0 bridgehead atoms. The molecule has 0 unspecified atom stereocenters. The van der Waals surface area contributed by atoms with E-state index in [1.165, 1.54) is 16.0 Å². The Morgan fingerprint density at radius 3 is 2.38 bits per heavy atom. The summed E-state index contributed by atoms with van der Waals surface area (Å²) < 4.78 is 0. The van der Waals surface area contributed by atoms with Crippen LogP contribution in [-0.2, 0) is 11.3 Å². The van der Waals surface area contributed by atoms with Crippen molar-refractivity contribution >= 4 is 11.6 Å². The molecule has 1 saturated heterocycles. The van der Waals surface area contributed by atoms with Gasteiger partial charge in [0.15, 0.2) is 6.04 Å². The third-order valence-corrected chi connectivity index (χ3v) is 5.54. The Morgan fingerprint density at radius 1 is 1.04 bits per heavy atom. The number of carbonyl (C=O) groups excluding carboxylic acids is 1. The summed E-state index contributed by atoms with van der Waals surface area (Å²) in [5.41, 5.74) is 4.67. The van der Waals surface area contributed by atoms with E-state index in [2.05, 4.69) is 55.6 Å². The number of anilines is 1. The van der Waals surface area contributed by atoms with E-state index in [-0.39, 0.29) is 11.9 Å². The lowest BCUT2D eigenvalue weighted by molar-refractivity contribution is -1.02. The Bertz CT molecular complexity index is 736. The molecule has 1 heterocycles. The van der Waals surface area contributed by atoms with Gasteiger partial charge in [0, 0.05) is 11.3 Å². The molecule has 1 aliphatic heterocycles. The highest BCUT2D eigenvalue weighted by molar-refractivity contribution is 5.94. The Morgan fingerprint density at radius 2 is 1.73 bits per heavy atom. The molecule has 1 amide bonds. The van der Waals surface area contributed by atoms with Crippen LogP contribution in [0.15, 0.2) is 48.5 Å². The quantitative estimate of drug-likeness (QED) is 0.724. The first kappa shape index (κ1) is 18.6. The molecule has 0 aromatic heterocycles. The second kappa shape index (κ2) is 8.47. The van der Waals surface area contributed by atoms with Crippen LogP contribution in [0.1, 0.15) is 23.6 Å². The van der Waals surface area contributed by atoms with E-state index in [0.29, 0.717) is 0 Å². The fourth-order valence-electron chi connectivity index (χ4n) is 3.80. The number of benzene rings is 2. The minimum atomic E-state index is -0.0195. The van der Waals surface area contributed by atoms with Crippen molar-refractivity contribution < 1.29 is 14.6 Å². The average molecular weight is 354 g/mol. The minimum absolute atomic E-state index is 0.0195. The number of hydrogen-bond acceptors (Lipinski definition) is 1. The zero-order valence-corrected chi connectivity index (χ0v) is 16.1. The molecular formula is C22H31N3O+2. The summed E-state index contributed by atoms with van der Waals surface area (Å²) in [6, 6.07) is 16.8. The summed E-state index contributed by atoms with van der Waals surface area (Å²) in [5, 5.41) is 3.12. The zero-order chi connectivity index (χ0) is 18.5. The Hall–Kier alpha value is -2.17. The molecular weight excluding hydrogens is 322 g/mol. The highest BCUT2D eigenvalue weighted by Crippen LogP contribution is 2.15. The zero-order valence-electron chi connectivity index (χ0n) is 16.1. The molecule has 2 aromatic rings. The van der Waals surface area contributed by atoms with Gasteiger partial charge in [0.05, 0.1) is 0 Å². The van der Waals surface area contributed by atoms with E-state index in [4.69, 9.17) is 0 Å². The van der Waals surface area contributed by atoms with E-state index >= 15 is 0 Å². The normalized spacial score (nSPS) is 21.2. The van der Waals surface area contributed by atoms with E-state index in [0.717, 1.165) is 44.0 Å². The van der Waals surface area contributed by atoms with Crippen molar-refractivity contribution in [3.8, 4) is 0 Å². The van der Waals surface area contributed by atoms with Gasteiger partial charge in [-0.2, -0.15) is 0 Å². The van der Waals surface area contributed by atoms with Crippen molar-refractivity contribution in [2.24, 2.45) is 0 Å². The van der Waals surface area contributed by atoms with E-state index in [1.807, 2.05) is 19.1 Å². The summed E-state index contributed by atoms with van der Waals surface area (Å²) in [7, 11) is 0. The monoisotopic (exact) mass is 353 g/mol. The second-order valence-electron chi connectivity index (χ2n) is 7.60. The molecule has 138 valence electrons. The average Bonchev–Trinajstić information content (AvgIpc) is 2.65. The molecule has 4 heteroatoms. The van der Waals surface area contributed by atoms with Crippen LogP contribution in [-0.4, -0.2) is 38.1 Å². The molecule has 0 spiro atoms. The lowest BCUT2D eigenvalue weighted by atomic mass is 10.1. The maximum Gasteiger partial charge on any atom is 0.282 e. The molecule has 1 atom stereocenters. The predicted octanol–water partition coefficient (Wildman–Crippen LogP) is 0.614. The van der Waals surface area contributed by atoms with Gasteiger partial charge >= 0.3 is 0 Å². The topological polar surface area (TPSA) is 38.0 Å². The van der Waals surface area contributed by atoms with Crippen LogP contribution in [0, 0.1) is 13.8 Å². The molecule has 0 aliphatic carbocycles. The van der Waals surface area contributed by atoms with Crippen molar-refractivity contribution in [2.45, 2.75) is 33.4 Å². The minimum Gasteiger partial charge on any atom is -0.322 e. The molecule has 0 saturated carbocycles. The Labute approximate surface area is 156 Å². The van der Waals surface area contributed by atoms with Crippen molar-refractivity contribution in [2.75, 3.05) is 31.5 Å². The summed E-state index contributed by atoms with van der Waals surface area (Å²) >= 11 is 0. The number of piperazine rings is 1. The van der Waals surface area contributed by atoms with Crippen LogP contribution in [0.2, 0.25) is 0 Å². The van der Waals surface area contributed by atoms with Crippen molar-refractivity contribution in [1.82, 2.24) is 0 Å². The fourth-order valence-corrected chi connectivity index (χ4v) is 3.80. The van der Waals surface area contributed by atoms with Crippen LogP contribution < -0.4 is 15.1 Å². The number of carbonyl (C=O) groups is 1. The second-order valence-corrected chi connectivity index (χ2v) is 7.60. The van der Waals surface area contributed by atoms with Gasteiger partial charge in [-0.3, -0.25) is 4.79 Å². The number of nitrogens with one attached hydrogen (secondary N) is 3. The van der Waals surface area contributed by atoms with Gasteiger partial charge in [0.2, 0.25) is 0 Å². The number of rotatable bonds is 5. The first-order valence-corrected chi connectivity index (χ1v) is 9.63. The Kier molecular flexibility index (Phi) is 6.07. The van der Waals surface area contributed by atoms with Gasteiger partial charge in [-0.25, -0.2) is 0 Å². The van der Waals surface area contributed by atoms with Crippen LogP contribution >= 0.6 is 0 Å². The molecule has 1 fully saturated rings. The van der Waals surface area contributed by atoms with E-state index in [9.17, 15) is 4.79 Å². The molecule has 1 aliphatic rings. The smallest absolute Gasteiger partial charge is 0.282 e. The highest BCUT2D eigenvalue weighted by Gasteiger charge is 2.31. The first-order valence-electron chi connectivity index (χ1n) is 9.63. The Balaban J connectivity index is 1.51. The molecule has 3 N–H and O–H groups in total. The van der Waals surface area contributed by atoms with Crippen LogP contribution in [0.4, 0.5) is 5.69 Å². The summed E-state index contributed by atoms with van der Waals surface area (Å²) in [6.07, 6.45) is 0. The van der Waals surface area contributed by atoms with Gasteiger partial charge in [0.25, 0.3) is 5.91 Å². The van der Waals surface area contributed by atoms with Gasteiger partial charge in [-0.05, 0) is 32.4 Å². The molecule has 3 rings (SSSR count). The van der Waals surface area contributed by atoms with E-state index < -0.39 is 0 Å². The lowest BCUT2D eigenvalue weighted by Gasteiger charge is -2.32. The van der Waals surface area contributed by atoms with Gasteiger partial charge in [-0.1, -0.05) is 48.0 Å². The maximum absolute atomic E-state index is 12.7. The standard InChI is InChI=1S/C22H29N3O/c1-17-9-10-21(18(2)15-17)23-22(26)19(3)25-13-11-24(12-14-25)16-20-7-5-4-6-8-20/h4-10,15,19H,11-14,16H2,1-3H3,(H,23,26)/p+2/t19-/m0/s1.